The molecule has 0 saturated heterocycles. The van der Waals surface area contributed by atoms with Crippen molar-refractivity contribution in [1.82, 2.24) is 4.57 Å². The number of hydrogen-bond acceptors (Lipinski definition) is 1. The Morgan fingerprint density at radius 1 is 1.39 bits per heavy atom. The van der Waals surface area contributed by atoms with E-state index in [2.05, 4.69) is 18.1 Å². The number of carbonyl (C=O) groups excluding carboxylic acids is 1. The Morgan fingerprint density at radius 2 is 2.09 bits per heavy atom. The molecule has 2 aromatic rings. The summed E-state index contributed by atoms with van der Waals surface area (Å²) in [4.78, 5) is 12.1. The largest absolute Gasteiger partial charge is 0.366 e. The fourth-order valence-corrected chi connectivity index (χ4v) is 3.26. The fraction of sp³-hybridized carbons (Fsp3) is 0.316. The van der Waals surface area contributed by atoms with E-state index in [4.69, 9.17) is 17.3 Å². The van der Waals surface area contributed by atoms with Gasteiger partial charge in [0, 0.05) is 34.1 Å². The van der Waals surface area contributed by atoms with Crippen LogP contribution >= 0.6 is 11.6 Å². The summed E-state index contributed by atoms with van der Waals surface area (Å²) >= 11 is 6.40. The van der Waals surface area contributed by atoms with Gasteiger partial charge in [0.25, 0.3) is 5.91 Å². The normalized spacial score (nSPS) is 10.7. The minimum absolute atomic E-state index is 0.419. The monoisotopic (exact) mass is 330 g/mol. The maximum absolute atomic E-state index is 12.1. The number of unbranched alkanes of at least 4 members (excludes halogenated alkanes) is 1. The highest BCUT2D eigenvalue weighted by Gasteiger charge is 2.25. The number of hydrogen-bond donors (Lipinski definition) is 1. The molecule has 0 unspecified atom stereocenters. The van der Waals surface area contributed by atoms with Crippen LogP contribution in [-0.4, -0.2) is 10.5 Å². The Hall–Kier alpha value is -2.00. The highest BCUT2D eigenvalue weighted by atomic mass is 35.5. The van der Waals surface area contributed by atoms with Crippen LogP contribution in [0.4, 0.5) is 0 Å². The van der Waals surface area contributed by atoms with Crippen LogP contribution in [0.25, 0.3) is 11.1 Å². The first-order valence-corrected chi connectivity index (χ1v) is 8.28. The van der Waals surface area contributed by atoms with Gasteiger partial charge in [-0.2, -0.15) is 0 Å². The second kappa shape index (κ2) is 7.51. The number of amides is 1. The molecular formula is C19H23ClN2O. The van der Waals surface area contributed by atoms with Crippen LogP contribution in [0.2, 0.25) is 5.02 Å². The van der Waals surface area contributed by atoms with Crippen molar-refractivity contribution in [2.45, 2.75) is 39.7 Å². The summed E-state index contributed by atoms with van der Waals surface area (Å²) in [7, 11) is 0. The predicted molar refractivity (Wildman–Crippen MR) is 96.9 cm³/mol. The summed E-state index contributed by atoms with van der Waals surface area (Å²) in [6, 6.07) is 7.59. The number of rotatable bonds is 7. The van der Waals surface area contributed by atoms with Gasteiger partial charge in [-0.1, -0.05) is 49.2 Å². The number of halogens is 1. The molecule has 122 valence electrons. The third-order valence-electron chi connectivity index (χ3n) is 4.10. The minimum atomic E-state index is -0.419. The van der Waals surface area contributed by atoms with Gasteiger partial charge in [0.15, 0.2) is 0 Å². The number of aromatic nitrogens is 1. The average Bonchev–Trinajstić information content (AvgIpc) is 2.79. The summed E-state index contributed by atoms with van der Waals surface area (Å²) in [6.07, 6.45) is 4.82. The van der Waals surface area contributed by atoms with Crippen LogP contribution < -0.4 is 5.73 Å². The average molecular weight is 331 g/mol. The number of carbonyl (C=O) groups is 1. The summed E-state index contributed by atoms with van der Waals surface area (Å²) in [6.45, 7) is 8.56. The molecule has 0 fully saturated rings. The van der Waals surface area contributed by atoms with E-state index < -0.39 is 5.91 Å². The van der Waals surface area contributed by atoms with Gasteiger partial charge in [-0.25, -0.2) is 0 Å². The van der Waals surface area contributed by atoms with Gasteiger partial charge in [-0.15, -0.1) is 6.58 Å². The molecule has 1 aromatic heterocycles. The van der Waals surface area contributed by atoms with Gasteiger partial charge in [0.2, 0.25) is 0 Å². The second-order valence-electron chi connectivity index (χ2n) is 5.63. The lowest BCUT2D eigenvalue weighted by Crippen LogP contribution is -2.13. The molecule has 0 radical (unpaired) electrons. The van der Waals surface area contributed by atoms with E-state index in [0.29, 0.717) is 17.1 Å². The Labute approximate surface area is 142 Å². The predicted octanol–water partition coefficient (Wildman–Crippen LogP) is 4.74. The first kappa shape index (κ1) is 17.4. The van der Waals surface area contributed by atoms with Crippen LogP contribution in [0.5, 0.6) is 0 Å². The Bertz CT molecular complexity index is 731. The first-order chi connectivity index (χ1) is 11.0. The van der Waals surface area contributed by atoms with Gasteiger partial charge >= 0.3 is 0 Å². The number of nitrogens with zero attached hydrogens (tertiary/aromatic N) is 1. The van der Waals surface area contributed by atoms with E-state index in [0.717, 1.165) is 41.8 Å². The second-order valence-corrected chi connectivity index (χ2v) is 6.04. The van der Waals surface area contributed by atoms with Crippen molar-refractivity contribution in [1.29, 1.82) is 0 Å². The van der Waals surface area contributed by atoms with Crippen LogP contribution in [0, 0.1) is 6.92 Å². The molecule has 0 aliphatic heterocycles. The molecule has 0 aliphatic rings. The van der Waals surface area contributed by atoms with Gasteiger partial charge in [-0.05, 0) is 25.8 Å². The molecule has 2 rings (SSSR count). The molecule has 4 heteroatoms. The van der Waals surface area contributed by atoms with Gasteiger partial charge < -0.3 is 10.3 Å². The molecule has 1 heterocycles. The van der Waals surface area contributed by atoms with Crippen LogP contribution in [0.3, 0.4) is 0 Å². The lowest BCUT2D eigenvalue weighted by Gasteiger charge is -2.12. The Balaban J connectivity index is 2.80. The molecule has 0 saturated carbocycles. The zero-order chi connectivity index (χ0) is 17.0. The van der Waals surface area contributed by atoms with Crippen molar-refractivity contribution in [2.75, 3.05) is 0 Å². The molecule has 1 amide bonds. The molecule has 0 atom stereocenters. The van der Waals surface area contributed by atoms with Crippen LogP contribution in [-0.2, 0) is 13.0 Å². The van der Waals surface area contributed by atoms with Crippen LogP contribution in [0.15, 0.2) is 36.9 Å². The standard InChI is InChI=1S/C19H23ClN2O/c1-4-6-11-16-18(14-9-7-8-10-15(14)20)17(19(21)23)13(3)22(16)12-5-2/h5,7-10H,2,4,6,11-12H2,1,3H3,(H2,21,23). The van der Waals surface area contributed by atoms with Crippen molar-refractivity contribution >= 4 is 17.5 Å². The van der Waals surface area contributed by atoms with E-state index >= 15 is 0 Å². The van der Waals surface area contributed by atoms with E-state index in [-0.39, 0.29) is 0 Å². The van der Waals surface area contributed by atoms with E-state index in [1.54, 1.807) is 0 Å². The van der Waals surface area contributed by atoms with Crippen molar-refractivity contribution in [3.63, 3.8) is 0 Å². The summed E-state index contributed by atoms with van der Waals surface area (Å²) in [5.41, 5.74) is 9.96. The first-order valence-electron chi connectivity index (χ1n) is 7.90. The van der Waals surface area contributed by atoms with Crippen molar-refractivity contribution in [3.05, 3.63) is 58.9 Å². The molecule has 0 aliphatic carbocycles. The summed E-state index contributed by atoms with van der Waals surface area (Å²) < 4.78 is 2.13. The Kier molecular flexibility index (Phi) is 5.67. The molecular weight excluding hydrogens is 308 g/mol. The third-order valence-corrected chi connectivity index (χ3v) is 4.43. The maximum Gasteiger partial charge on any atom is 0.251 e. The van der Waals surface area contributed by atoms with Crippen molar-refractivity contribution in [3.8, 4) is 11.1 Å². The maximum atomic E-state index is 12.1. The third kappa shape index (κ3) is 3.35. The molecule has 2 N–H and O–H groups in total. The molecule has 23 heavy (non-hydrogen) atoms. The number of benzene rings is 1. The number of primary amides is 1. The van der Waals surface area contributed by atoms with Gasteiger partial charge in [-0.3, -0.25) is 4.79 Å². The van der Waals surface area contributed by atoms with Crippen molar-refractivity contribution < 1.29 is 4.79 Å². The zero-order valence-corrected chi connectivity index (χ0v) is 14.5. The number of allylic oxidation sites excluding steroid dienone is 1. The molecule has 3 nitrogen and oxygen atoms in total. The van der Waals surface area contributed by atoms with E-state index in [1.807, 2.05) is 37.3 Å². The smallest absolute Gasteiger partial charge is 0.251 e. The molecule has 0 bridgehead atoms. The van der Waals surface area contributed by atoms with Crippen molar-refractivity contribution in [2.24, 2.45) is 5.73 Å². The van der Waals surface area contributed by atoms with Gasteiger partial charge in [0.1, 0.15) is 0 Å². The number of nitrogens with two attached hydrogens (primary N) is 1. The lowest BCUT2D eigenvalue weighted by atomic mass is 9.97. The summed E-state index contributed by atoms with van der Waals surface area (Å²) in [5.74, 6) is -0.419. The lowest BCUT2D eigenvalue weighted by molar-refractivity contribution is 0.1000. The molecule has 0 spiro atoms. The highest BCUT2D eigenvalue weighted by Crippen LogP contribution is 2.37. The van der Waals surface area contributed by atoms with Gasteiger partial charge in [0.05, 0.1) is 5.56 Å². The Morgan fingerprint density at radius 3 is 2.65 bits per heavy atom. The van der Waals surface area contributed by atoms with E-state index in [1.165, 1.54) is 0 Å². The molecule has 1 aromatic carbocycles. The highest BCUT2D eigenvalue weighted by molar-refractivity contribution is 6.33. The quantitative estimate of drug-likeness (QED) is 0.732. The van der Waals surface area contributed by atoms with Crippen LogP contribution in [0.1, 0.15) is 41.5 Å². The zero-order valence-electron chi connectivity index (χ0n) is 13.7. The topological polar surface area (TPSA) is 48.0 Å². The fourth-order valence-electron chi connectivity index (χ4n) is 3.03. The minimum Gasteiger partial charge on any atom is -0.366 e. The SMILES string of the molecule is C=CCn1c(C)c(C(N)=O)c(-c2ccccc2Cl)c1CCCC. The summed E-state index contributed by atoms with van der Waals surface area (Å²) in [5, 5.41) is 0.628. The van der Waals surface area contributed by atoms with E-state index in [9.17, 15) is 4.79 Å².